The Balaban J connectivity index is 1.74. The van der Waals surface area contributed by atoms with Crippen LogP contribution < -0.4 is 0 Å². The molecule has 1 aliphatic carbocycles. The number of aryl methyl sites for hydroxylation is 2. The van der Waals surface area contributed by atoms with Crippen LogP contribution in [0.1, 0.15) is 48.7 Å². The minimum atomic E-state index is 0.662. The van der Waals surface area contributed by atoms with E-state index < -0.39 is 0 Å². The summed E-state index contributed by atoms with van der Waals surface area (Å²) in [5, 5.41) is 0. The molecule has 1 heterocycles. The van der Waals surface area contributed by atoms with Gasteiger partial charge in [0.1, 0.15) is 10.5 Å². The van der Waals surface area contributed by atoms with Crippen molar-refractivity contribution in [2.75, 3.05) is 0 Å². The Kier molecular flexibility index (Phi) is 4.26. The summed E-state index contributed by atoms with van der Waals surface area (Å²) in [6, 6.07) is 12.6. The topological polar surface area (TPSA) is 28.7 Å². The van der Waals surface area contributed by atoms with Crippen LogP contribution in [0, 0.1) is 4.64 Å². The van der Waals surface area contributed by atoms with E-state index in [1.54, 1.807) is 0 Å². The van der Waals surface area contributed by atoms with Gasteiger partial charge in [0.2, 0.25) is 0 Å². The van der Waals surface area contributed by atoms with E-state index in [-0.39, 0.29) is 0 Å². The van der Waals surface area contributed by atoms with Crippen molar-refractivity contribution in [3.05, 3.63) is 58.1 Å². The van der Waals surface area contributed by atoms with Gasteiger partial charge >= 0.3 is 0 Å². The lowest BCUT2D eigenvalue weighted by Gasteiger charge is -2.11. The maximum atomic E-state index is 5.32. The maximum absolute atomic E-state index is 5.32. The van der Waals surface area contributed by atoms with Crippen molar-refractivity contribution < 1.29 is 0 Å². The van der Waals surface area contributed by atoms with Crippen molar-refractivity contribution in [3.8, 4) is 0 Å². The third kappa shape index (κ3) is 3.34. The largest absolute Gasteiger partial charge is 0.347 e. The highest BCUT2D eigenvalue weighted by atomic mass is 32.1. The third-order valence-electron chi connectivity index (χ3n) is 4.10. The van der Waals surface area contributed by atoms with E-state index in [9.17, 15) is 0 Å². The predicted molar refractivity (Wildman–Crippen MR) is 84.5 cm³/mol. The lowest BCUT2D eigenvalue weighted by molar-refractivity contribution is 0.680. The molecule has 1 aliphatic rings. The molecule has 0 atom stereocenters. The molecule has 1 aromatic heterocycles. The second-order valence-corrected chi connectivity index (χ2v) is 6.01. The average molecular weight is 284 g/mol. The number of nitrogens with one attached hydrogen (secondary N) is 1. The second kappa shape index (κ2) is 6.31. The number of hydrogen-bond acceptors (Lipinski definition) is 2. The zero-order chi connectivity index (χ0) is 13.8. The van der Waals surface area contributed by atoms with Crippen LogP contribution in [0.25, 0.3) is 0 Å². The van der Waals surface area contributed by atoms with E-state index in [1.807, 2.05) is 0 Å². The fourth-order valence-electron chi connectivity index (χ4n) is 3.01. The Morgan fingerprint density at radius 3 is 2.60 bits per heavy atom. The number of nitrogens with zero attached hydrogens (tertiary/aromatic N) is 1. The first-order valence-electron chi connectivity index (χ1n) is 7.45. The molecule has 3 heteroatoms. The minimum absolute atomic E-state index is 0.662. The van der Waals surface area contributed by atoms with Crippen LogP contribution in [0.5, 0.6) is 0 Å². The van der Waals surface area contributed by atoms with Gasteiger partial charge in [-0.2, -0.15) is 0 Å². The molecule has 2 aromatic rings. The van der Waals surface area contributed by atoms with E-state index in [2.05, 4.69) is 46.4 Å². The van der Waals surface area contributed by atoms with Gasteiger partial charge in [-0.25, -0.2) is 4.98 Å². The maximum Gasteiger partial charge on any atom is 0.129 e. The first-order valence-corrected chi connectivity index (χ1v) is 7.86. The Bertz CT molecular complexity index is 612. The molecule has 0 spiro atoms. The molecule has 1 N–H and O–H groups in total. The molecule has 20 heavy (non-hydrogen) atoms. The molecule has 1 fully saturated rings. The van der Waals surface area contributed by atoms with E-state index >= 15 is 0 Å². The zero-order valence-electron chi connectivity index (χ0n) is 11.6. The number of hydrogen-bond donors (Lipinski definition) is 1. The normalized spacial score (nSPS) is 15.6. The first kappa shape index (κ1) is 13.5. The summed E-state index contributed by atoms with van der Waals surface area (Å²) in [5.41, 5.74) is 2.64. The van der Waals surface area contributed by atoms with Crippen molar-refractivity contribution in [3.63, 3.8) is 0 Å². The lowest BCUT2D eigenvalue weighted by Crippen LogP contribution is -2.04. The molecule has 1 aromatic carbocycles. The molecule has 0 bridgehead atoms. The van der Waals surface area contributed by atoms with Gasteiger partial charge in [-0.05, 0) is 36.8 Å². The summed E-state index contributed by atoms with van der Waals surface area (Å²) in [6.07, 6.45) is 7.18. The molecule has 0 radical (unpaired) electrons. The predicted octanol–water partition coefficient (Wildman–Crippen LogP) is 4.58. The van der Waals surface area contributed by atoms with Gasteiger partial charge < -0.3 is 4.98 Å². The summed E-state index contributed by atoms with van der Waals surface area (Å²) in [4.78, 5) is 8.00. The van der Waals surface area contributed by atoms with Crippen LogP contribution in [0.4, 0.5) is 0 Å². The first-order chi connectivity index (χ1) is 9.81. The number of H-pyrrole nitrogens is 1. The van der Waals surface area contributed by atoms with Crippen molar-refractivity contribution in [1.29, 1.82) is 0 Å². The molecule has 104 valence electrons. The molecule has 0 aliphatic heterocycles. The van der Waals surface area contributed by atoms with Crippen LogP contribution >= 0.6 is 12.2 Å². The van der Waals surface area contributed by atoms with Gasteiger partial charge in [-0.15, -0.1) is 0 Å². The lowest BCUT2D eigenvalue weighted by atomic mass is 10.0. The number of rotatable bonds is 4. The van der Waals surface area contributed by atoms with E-state index in [4.69, 9.17) is 12.2 Å². The van der Waals surface area contributed by atoms with E-state index in [1.165, 1.54) is 36.9 Å². The second-order valence-electron chi connectivity index (χ2n) is 5.59. The van der Waals surface area contributed by atoms with Gasteiger partial charge in [-0.3, -0.25) is 0 Å². The molecule has 0 amide bonds. The monoisotopic (exact) mass is 284 g/mol. The molecule has 2 nitrogen and oxygen atoms in total. The molecule has 0 saturated heterocycles. The highest BCUT2D eigenvalue weighted by Crippen LogP contribution is 2.32. The zero-order valence-corrected chi connectivity index (χ0v) is 12.5. The third-order valence-corrected chi connectivity index (χ3v) is 4.31. The van der Waals surface area contributed by atoms with Crippen molar-refractivity contribution >= 4 is 12.2 Å². The van der Waals surface area contributed by atoms with Crippen molar-refractivity contribution in [2.45, 2.75) is 44.4 Å². The minimum Gasteiger partial charge on any atom is -0.347 e. The SMILES string of the molecule is S=c1cc(C2CCCC2)[nH]c(CCc2ccccc2)n1. The molecular formula is C17H20N2S. The fourth-order valence-corrected chi connectivity index (χ4v) is 3.25. The fraction of sp³-hybridized carbons (Fsp3) is 0.412. The van der Waals surface area contributed by atoms with Gasteiger partial charge in [0.15, 0.2) is 0 Å². The van der Waals surface area contributed by atoms with Crippen molar-refractivity contribution in [1.82, 2.24) is 9.97 Å². The average Bonchev–Trinajstić information content (AvgIpc) is 3.00. The number of aromatic amines is 1. The van der Waals surface area contributed by atoms with Crippen LogP contribution in [-0.2, 0) is 12.8 Å². The molecule has 3 rings (SSSR count). The molecule has 1 saturated carbocycles. The van der Waals surface area contributed by atoms with Crippen LogP contribution in [0.2, 0.25) is 0 Å². The van der Waals surface area contributed by atoms with E-state index in [0.29, 0.717) is 5.92 Å². The van der Waals surface area contributed by atoms with Gasteiger partial charge in [0.05, 0.1) is 0 Å². The van der Waals surface area contributed by atoms with Crippen LogP contribution in [0.15, 0.2) is 36.4 Å². The Labute approximate surface area is 125 Å². The van der Waals surface area contributed by atoms with Crippen molar-refractivity contribution in [2.24, 2.45) is 0 Å². The summed E-state index contributed by atoms with van der Waals surface area (Å²) in [6.45, 7) is 0. The van der Waals surface area contributed by atoms with Gasteiger partial charge in [-0.1, -0.05) is 55.4 Å². The highest BCUT2D eigenvalue weighted by Gasteiger charge is 2.18. The Hall–Kier alpha value is -1.48. The summed E-state index contributed by atoms with van der Waals surface area (Å²) >= 11 is 5.32. The number of aromatic nitrogens is 2. The summed E-state index contributed by atoms with van der Waals surface area (Å²) in [5.74, 6) is 1.69. The van der Waals surface area contributed by atoms with Gasteiger partial charge in [0, 0.05) is 12.1 Å². The Morgan fingerprint density at radius 1 is 1.10 bits per heavy atom. The van der Waals surface area contributed by atoms with Gasteiger partial charge in [0.25, 0.3) is 0 Å². The standard InChI is InChI=1S/C17H20N2S/c20-17-12-15(14-8-4-5-9-14)18-16(19-17)11-10-13-6-2-1-3-7-13/h1-3,6-7,12,14H,4-5,8-11H2,(H,18,19,20). The van der Waals surface area contributed by atoms with Crippen LogP contribution in [-0.4, -0.2) is 9.97 Å². The summed E-state index contributed by atoms with van der Waals surface area (Å²) in [7, 11) is 0. The summed E-state index contributed by atoms with van der Waals surface area (Å²) < 4.78 is 0.730. The quantitative estimate of drug-likeness (QED) is 0.832. The van der Waals surface area contributed by atoms with E-state index in [0.717, 1.165) is 23.3 Å². The van der Waals surface area contributed by atoms with Crippen LogP contribution in [0.3, 0.4) is 0 Å². The molecule has 0 unspecified atom stereocenters. The Morgan fingerprint density at radius 2 is 1.85 bits per heavy atom. The smallest absolute Gasteiger partial charge is 0.129 e. The molecular weight excluding hydrogens is 264 g/mol. The highest BCUT2D eigenvalue weighted by molar-refractivity contribution is 7.71. The number of benzene rings is 1.